The van der Waals surface area contributed by atoms with Crippen LogP contribution in [0, 0.1) is 18.8 Å². The van der Waals surface area contributed by atoms with Crippen LogP contribution < -0.4 is 10.1 Å². The molecule has 0 amide bonds. The smallest absolute Gasteiger partial charge is 0.119 e. The molecule has 0 saturated heterocycles. The lowest BCUT2D eigenvalue weighted by molar-refractivity contribution is 0.200. The van der Waals surface area contributed by atoms with E-state index >= 15 is 0 Å². The molecule has 1 aromatic carbocycles. The highest BCUT2D eigenvalue weighted by atomic mass is 16.5. The summed E-state index contributed by atoms with van der Waals surface area (Å²) < 4.78 is 5.88. The van der Waals surface area contributed by atoms with Gasteiger partial charge in [0, 0.05) is 12.1 Å². The van der Waals surface area contributed by atoms with Crippen LogP contribution in [0.15, 0.2) is 24.3 Å². The molecule has 1 saturated carbocycles. The van der Waals surface area contributed by atoms with Gasteiger partial charge in [0.2, 0.25) is 0 Å². The van der Waals surface area contributed by atoms with Crippen molar-refractivity contribution in [2.24, 2.45) is 11.8 Å². The fourth-order valence-corrected chi connectivity index (χ4v) is 3.29. The van der Waals surface area contributed by atoms with Crippen molar-refractivity contribution in [1.82, 2.24) is 5.32 Å². The van der Waals surface area contributed by atoms with E-state index in [1.807, 2.05) is 0 Å². The Balaban J connectivity index is 1.73. The molecule has 2 nitrogen and oxygen atoms in total. The first-order valence-electron chi connectivity index (χ1n) is 8.50. The summed E-state index contributed by atoms with van der Waals surface area (Å²) in [5.41, 5.74) is 1.27. The molecule has 1 fully saturated rings. The summed E-state index contributed by atoms with van der Waals surface area (Å²) in [6.45, 7) is 9.79. The van der Waals surface area contributed by atoms with Crippen LogP contribution in [-0.4, -0.2) is 18.7 Å². The second-order valence-electron chi connectivity index (χ2n) is 7.06. The van der Waals surface area contributed by atoms with Crippen molar-refractivity contribution in [3.8, 4) is 5.75 Å². The molecule has 1 aliphatic carbocycles. The maximum absolute atomic E-state index is 5.88. The van der Waals surface area contributed by atoms with Crippen LogP contribution in [0.4, 0.5) is 0 Å². The lowest BCUT2D eigenvalue weighted by Gasteiger charge is -2.33. The first kappa shape index (κ1) is 16.4. The first-order chi connectivity index (χ1) is 10.0. The predicted molar refractivity (Wildman–Crippen MR) is 89.9 cm³/mol. The van der Waals surface area contributed by atoms with Gasteiger partial charge in [0.05, 0.1) is 0 Å². The molecule has 0 aliphatic heterocycles. The molecule has 2 rings (SSSR count). The summed E-state index contributed by atoms with van der Waals surface area (Å²) >= 11 is 0. The SMILES string of the molecule is Cc1ccc(OCC(C)NC2CCCC(C(C)C)C2)cc1. The highest BCUT2D eigenvalue weighted by molar-refractivity contribution is 5.26. The Labute approximate surface area is 130 Å². The maximum Gasteiger partial charge on any atom is 0.119 e. The van der Waals surface area contributed by atoms with Gasteiger partial charge in [0.25, 0.3) is 0 Å². The largest absolute Gasteiger partial charge is 0.492 e. The quantitative estimate of drug-likeness (QED) is 0.828. The number of ether oxygens (including phenoxy) is 1. The van der Waals surface area contributed by atoms with Gasteiger partial charge in [-0.25, -0.2) is 0 Å². The lowest BCUT2D eigenvalue weighted by atomic mass is 9.79. The molecule has 0 heterocycles. The number of hydrogen-bond donors (Lipinski definition) is 1. The van der Waals surface area contributed by atoms with Crippen molar-refractivity contribution in [2.45, 2.75) is 65.5 Å². The van der Waals surface area contributed by atoms with E-state index in [2.05, 4.69) is 57.3 Å². The van der Waals surface area contributed by atoms with Gasteiger partial charge < -0.3 is 10.1 Å². The van der Waals surface area contributed by atoms with E-state index < -0.39 is 0 Å². The molecule has 1 aliphatic rings. The zero-order valence-corrected chi connectivity index (χ0v) is 14.1. The molecule has 1 aromatic rings. The van der Waals surface area contributed by atoms with Gasteiger partial charge in [-0.1, -0.05) is 44.4 Å². The van der Waals surface area contributed by atoms with E-state index in [9.17, 15) is 0 Å². The van der Waals surface area contributed by atoms with E-state index in [0.717, 1.165) is 24.2 Å². The zero-order chi connectivity index (χ0) is 15.2. The summed E-state index contributed by atoms with van der Waals surface area (Å²) in [5.74, 6) is 2.67. The number of aryl methyl sites for hydroxylation is 1. The van der Waals surface area contributed by atoms with Crippen LogP contribution in [0.1, 0.15) is 52.0 Å². The Kier molecular flexibility index (Phi) is 6.10. The fourth-order valence-electron chi connectivity index (χ4n) is 3.29. The molecule has 118 valence electrons. The second-order valence-corrected chi connectivity index (χ2v) is 7.06. The molecule has 2 heteroatoms. The minimum Gasteiger partial charge on any atom is -0.492 e. The van der Waals surface area contributed by atoms with E-state index in [4.69, 9.17) is 4.74 Å². The van der Waals surface area contributed by atoms with Crippen molar-refractivity contribution in [2.75, 3.05) is 6.61 Å². The van der Waals surface area contributed by atoms with Crippen molar-refractivity contribution >= 4 is 0 Å². The van der Waals surface area contributed by atoms with Crippen LogP contribution in [0.5, 0.6) is 5.75 Å². The van der Waals surface area contributed by atoms with E-state index in [1.165, 1.54) is 31.2 Å². The molecule has 3 atom stereocenters. The molecule has 21 heavy (non-hydrogen) atoms. The minimum atomic E-state index is 0.405. The third-order valence-corrected chi connectivity index (χ3v) is 4.70. The normalized spacial score (nSPS) is 24.0. The van der Waals surface area contributed by atoms with Crippen LogP contribution in [-0.2, 0) is 0 Å². The summed E-state index contributed by atoms with van der Waals surface area (Å²) in [7, 11) is 0. The molecule has 0 radical (unpaired) electrons. The van der Waals surface area contributed by atoms with Crippen molar-refractivity contribution in [3.63, 3.8) is 0 Å². The fraction of sp³-hybridized carbons (Fsp3) is 0.684. The van der Waals surface area contributed by atoms with Crippen LogP contribution in [0.25, 0.3) is 0 Å². The van der Waals surface area contributed by atoms with Crippen molar-refractivity contribution in [3.05, 3.63) is 29.8 Å². The Morgan fingerprint density at radius 3 is 2.52 bits per heavy atom. The highest BCUT2D eigenvalue weighted by Crippen LogP contribution is 2.30. The average molecular weight is 289 g/mol. The molecule has 3 unspecified atom stereocenters. The van der Waals surface area contributed by atoms with Gasteiger partial charge in [-0.3, -0.25) is 0 Å². The van der Waals surface area contributed by atoms with Crippen molar-refractivity contribution < 1.29 is 4.74 Å². The van der Waals surface area contributed by atoms with E-state index in [1.54, 1.807) is 0 Å². The van der Waals surface area contributed by atoms with Gasteiger partial charge in [0.15, 0.2) is 0 Å². The average Bonchev–Trinajstić information content (AvgIpc) is 2.47. The highest BCUT2D eigenvalue weighted by Gasteiger charge is 2.24. The Bertz CT molecular complexity index is 412. The Morgan fingerprint density at radius 2 is 1.86 bits per heavy atom. The predicted octanol–water partition coefficient (Wildman–Crippen LogP) is 4.57. The summed E-state index contributed by atoms with van der Waals surface area (Å²) in [6.07, 6.45) is 5.42. The van der Waals surface area contributed by atoms with Gasteiger partial charge in [0.1, 0.15) is 12.4 Å². The summed E-state index contributed by atoms with van der Waals surface area (Å²) in [4.78, 5) is 0. The number of hydrogen-bond acceptors (Lipinski definition) is 2. The van der Waals surface area contributed by atoms with Gasteiger partial charge >= 0.3 is 0 Å². The van der Waals surface area contributed by atoms with Crippen LogP contribution >= 0.6 is 0 Å². The van der Waals surface area contributed by atoms with Gasteiger partial charge in [-0.05, 0) is 50.7 Å². The topological polar surface area (TPSA) is 21.3 Å². The molecular formula is C19H31NO. The second kappa shape index (κ2) is 7.84. The molecule has 0 aromatic heterocycles. The summed E-state index contributed by atoms with van der Waals surface area (Å²) in [6, 6.07) is 9.38. The van der Waals surface area contributed by atoms with Gasteiger partial charge in [-0.2, -0.15) is 0 Å². The molecule has 0 bridgehead atoms. The monoisotopic (exact) mass is 289 g/mol. The third kappa shape index (κ3) is 5.35. The van der Waals surface area contributed by atoms with Gasteiger partial charge in [-0.15, -0.1) is 0 Å². The van der Waals surface area contributed by atoms with E-state index in [0.29, 0.717) is 12.1 Å². The molecular weight excluding hydrogens is 258 g/mol. The Hall–Kier alpha value is -1.02. The molecule has 1 N–H and O–H groups in total. The number of benzene rings is 1. The van der Waals surface area contributed by atoms with E-state index in [-0.39, 0.29) is 0 Å². The number of nitrogens with one attached hydrogen (secondary N) is 1. The Morgan fingerprint density at radius 1 is 1.14 bits per heavy atom. The van der Waals surface area contributed by atoms with Crippen LogP contribution in [0.3, 0.4) is 0 Å². The zero-order valence-electron chi connectivity index (χ0n) is 14.1. The van der Waals surface area contributed by atoms with Crippen LogP contribution in [0.2, 0.25) is 0 Å². The lowest BCUT2D eigenvalue weighted by Crippen LogP contribution is -2.43. The summed E-state index contributed by atoms with van der Waals surface area (Å²) in [5, 5.41) is 3.76. The maximum atomic E-state index is 5.88. The standard InChI is InChI=1S/C19H31NO/c1-14(2)17-6-5-7-18(12-17)20-16(4)13-21-19-10-8-15(3)9-11-19/h8-11,14,16-18,20H,5-7,12-13H2,1-4H3. The number of rotatable bonds is 6. The van der Waals surface area contributed by atoms with Crippen molar-refractivity contribution in [1.29, 1.82) is 0 Å². The first-order valence-corrected chi connectivity index (χ1v) is 8.50. The minimum absolute atomic E-state index is 0.405. The molecule has 0 spiro atoms. The third-order valence-electron chi connectivity index (χ3n) is 4.70.